The van der Waals surface area contributed by atoms with Crippen molar-refractivity contribution < 1.29 is 13.2 Å². The topological polar surface area (TPSA) is 82.6 Å². The molecule has 154 valence electrons. The number of nitrogens with one attached hydrogen (secondary N) is 1. The third-order valence-corrected chi connectivity index (χ3v) is 7.23. The molecule has 0 bridgehead atoms. The van der Waals surface area contributed by atoms with Gasteiger partial charge >= 0.3 is 0 Å². The van der Waals surface area contributed by atoms with Crippen molar-refractivity contribution in [2.45, 2.75) is 43.2 Å². The Labute approximate surface area is 171 Å². The number of hydrogen-bond donors (Lipinski definition) is 1. The monoisotopic (exact) mass is 414 g/mol. The molecule has 29 heavy (non-hydrogen) atoms. The first-order valence-corrected chi connectivity index (χ1v) is 11.5. The van der Waals surface area contributed by atoms with Gasteiger partial charge in [0.1, 0.15) is 0 Å². The minimum atomic E-state index is -3.50. The van der Waals surface area contributed by atoms with Crippen molar-refractivity contribution >= 4 is 21.6 Å². The Morgan fingerprint density at radius 1 is 1.17 bits per heavy atom. The van der Waals surface area contributed by atoms with E-state index in [1.807, 2.05) is 18.3 Å². The average molecular weight is 415 g/mol. The number of pyridine rings is 1. The van der Waals surface area contributed by atoms with E-state index in [0.29, 0.717) is 31.4 Å². The van der Waals surface area contributed by atoms with Gasteiger partial charge in [-0.05, 0) is 55.5 Å². The molecule has 2 heterocycles. The molecule has 0 unspecified atom stereocenters. The SMILES string of the molecule is O=C(CN(Cc1cccnc1)C1CC1)Nc1cccc(S(=O)(=O)N2CCCC2)c1. The van der Waals surface area contributed by atoms with E-state index in [4.69, 9.17) is 0 Å². The Balaban J connectivity index is 1.41. The maximum Gasteiger partial charge on any atom is 0.243 e. The first-order valence-electron chi connectivity index (χ1n) is 10.1. The summed E-state index contributed by atoms with van der Waals surface area (Å²) in [6.07, 6.45) is 7.53. The van der Waals surface area contributed by atoms with Crippen molar-refractivity contribution in [3.05, 3.63) is 54.4 Å². The maximum atomic E-state index is 12.8. The van der Waals surface area contributed by atoms with Crippen LogP contribution in [0.25, 0.3) is 0 Å². The molecule has 1 aliphatic heterocycles. The molecule has 4 rings (SSSR count). The second-order valence-electron chi connectivity index (χ2n) is 7.68. The van der Waals surface area contributed by atoms with Crippen molar-refractivity contribution in [3.8, 4) is 0 Å². The molecule has 7 nitrogen and oxygen atoms in total. The number of carbonyl (C=O) groups excluding carboxylic acids is 1. The van der Waals surface area contributed by atoms with Crippen LogP contribution in [0.1, 0.15) is 31.2 Å². The van der Waals surface area contributed by atoms with Gasteiger partial charge in [0.2, 0.25) is 15.9 Å². The van der Waals surface area contributed by atoms with Crippen LogP contribution in [-0.4, -0.2) is 54.2 Å². The van der Waals surface area contributed by atoms with Crippen molar-refractivity contribution in [1.29, 1.82) is 0 Å². The van der Waals surface area contributed by atoms with Gasteiger partial charge in [-0.2, -0.15) is 4.31 Å². The van der Waals surface area contributed by atoms with Crippen LogP contribution in [0, 0.1) is 0 Å². The minimum Gasteiger partial charge on any atom is -0.325 e. The van der Waals surface area contributed by atoms with Crippen LogP contribution in [0.5, 0.6) is 0 Å². The minimum absolute atomic E-state index is 0.142. The summed E-state index contributed by atoms with van der Waals surface area (Å²) in [5, 5.41) is 2.86. The molecule has 1 amide bonds. The standard InChI is InChI=1S/C21H26N4O3S/c26-21(16-24(19-8-9-19)15-17-5-4-10-22-14-17)23-18-6-3-7-20(13-18)29(27,28)25-11-1-2-12-25/h3-7,10,13-14,19H,1-2,8-9,11-12,15-16H2,(H,23,26). The number of nitrogens with zero attached hydrogens (tertiary/aromatic N) is 3. The van der Waals surface area contributed by atoms with Gasteiger partial charge in [0.05, 0.1) is 11.4 Å². The van der Waals surface area contributed by atoms with Crippen molar-refractivity contribution in [2.24, 2.45) is 0 Å². The molecule has 1 saturated heterocycles. The lowest BCUT2D eigenvalue weighted by Crippen LogP contribution is -2.34. The molecule has 0 atom stereocenters. The van der Waals surface area contributed by atoms with Crippen molar-refractivity contribution in [2.75, 3.05) is 25.0 Å². The molecule has 2 aliphatic rings. The molecule has 8 heteroatoms. The van der Waals surface area contributed by atoms with Gasteiger partial charge in [0, 0.05) is 43.8 Å². The van der Waals surface area contributed by atoms with E-state index in [1.54, 1.807) is 30.5 Å². The van der Waals surface area contributed by atoms with E-state index in [9.17, 15) is 13.2 Å². The normalized spacial score (nSPS) is 17.6. The first-order chi connectivity index (χ1) is 14.0. The summed E-state index contributed by atoms with van der Waals surface area (Å²) < 4.78 is 27.0. The van der Waals surface area contributed by atoms with E-state index in [2.05, 4.69) is 15.2 Å². The molecular formula is C21H26N4O3S. The van der Waals surface area contributed by atoms with Crippen LogP contribution in [0.2, 0.25) is 0 Å². The quantitative estimate of drug-likeness (QED) is 0.718. The van der Waals surface area contributed by atoms with Crippen LogP contribution >= 0.6 is 0 Å². The smallest absolute Gasteiger partial charge is 0.243 e. The van der Waals surface area contributed by atoms with Gasteiger partial charge in [0.15, 0.2) is 0 Å². The van der Waals surface area contributed by atoms with Crippen molar-refractivity contribution in [1.82, 2.24) is 14.2 Å². The van der Waals surface area contributed by atoms with E-state index in [-0.39, 0.29) is 17.3 Å². The Morgan fingerprint density at radius 2 is 1.97 bits per heavy atom. The van der Waals surface area contributed by atoms with E-state index < -0.39 is 10.0 Å². The zero-order valence-electron chi connectivity index (χ0n) is 16.3. The number of hydrogen-bond acceptors (Lipinski definition) is 5. The average Bonchev–Trinajstić information content (AvgIpc) is 3.41. The summed E-state index contributed by atoms with van der Waals surface area (Å²) in [7, 11) is -3.50. The summed E-state index contributed by atoms with van der Waals surface area (Å²) in [5.41, 5.74) is 1.58. The summed E-state index contributed by atoms with van der Waals surface area (Å²) in [6, 6.07) is 10.9. The summed E-state index contributed by atoms with van der Waals surface area (Å²) >= 11 is 0. The van der Waals surface area contributed by atoms with E-state index >= 15 is 0 Å². The number of sulfonamides is 1. The lowest BCUT2D eigenvalue weighted by molar-refractivity contribution is -0.117. The summed E-state index contributed by atoms with van der Waals surface area (Å²) in [5.74, 6) is -0.142. The molecule has 1 aromatic heterocycles. The van der Waals surface area contributed by atoms with Gasteiger partial charge in [-0.1, -0.05) is 12.1 Å². The number of benzene rings is 1. The molecule has 1 saturated carbocycles. The lowest BCUT2D eigenvalue weighted by atomic mass is 10.2. The van der Waals surface area contributed by atoms with Crippen LogP contribution in [0.15, 0.2) is 53.7 Å². The van der Waals surface area contributed by atoms with Gasteiger partial charge in [-0.3, -0.25) is 14.7 Å². The molecule has 0 spiro atoms. The third-order valence-electron chi connectivity index (χ3n) is 5.34. The second-order valence-corrected chi connectivity index (χ2v) is 9.62. The highest BCUT2D eigenvalue weighted by atomic mass is 32.2. The van der Waals surface area contributed by atoms with Crippen LogP contribution < -0.4 is 5.32 Å². The molecular weight excluding hydrogens is 388 g/mol. The molecule has 1 N–H and O–H groups in total. The van der Waals surface area contributed by atoms with Gasteiger partial charge < -0.3 is 5.32 Å². The Morgan fingerprint density at radius 3 is 2.66 bits per heavy atom. The fourth-order valence-electron chi connectivity index (χ4n) is 3.68. The highest BCUT2D eigenvalue weighted by molar-refractivity contribution is 7.89. The maximum absolute atomic E-state index is 12.8. The van der Waals surface area contributed by atoms with Crippen LogP contribution in [-0.2, 0) is 21.4 Å². The third kappa shape index (κ3) is 5.01. The van der Waals surface area contributed by atoms with Gasteiger partial charge in [0.25, 0.3) is 0 Å². The number of amides is 1. The molecule has 1 aliphatic carbocycles. The zero-order valence-corrected chi connectivity index (χ0v) is 17.1. The Kier molecular flexibility index (Phi) is 5.94. The first kappa shape index (κ1) is 20.0. The predicted molar refractivity (Wildman–Crippen MR) is 111 cm³/mol. The van der Waals surface area contributed by atoms with Crippen LogP contribution in [0.4, 0.5) is 5.69 Å². The second kappa shape index (κ2) is 8.61. The molecule has 2 fully saturated rings. The largest absolute Gasteiger partial charge is 0.325 e. The van der Waals surface area contributed by atoms with Crippen molar-refractivity contribution in [3.63, 3.8) is 0 Å². The summed E-state index contributed by atoms with van der Waals surface area (Å²) in [4.78, 5) is 19.2. The number of aromatic nitrogens is 1. The van der Waals surface area contributed by atoms with E-state index in [0.717, 1.165) is 31.2 Å². The highest BCUT2D eigenvalue weighted by Crippen LogP contribution is 2.28. The fraction of sp³-hybridized carbons (Fsp3) is 0.429. The fourth-order valence-corrected chi connectivity index (χ4v) is 5.24. The Hall–Kier alpha value is -2.29. The molecule has 2 aromatic rings. The predicted octanol–water partition coefficient (Wildman–Crippen LogP) is 2.47. The van der Waals surface area contributed by atoms with Gasteiger partial charge in [-0.15, -0.1) is 0 Å². The van der Waals surface area contributed by atoms with Crippen LogP contribution in [0.3, 0.4) is 0 Å². The molecule has 0 radical (unpaired) electrons. The number of rotatable bonds is 8. The lowest BCUT2D eigenvalue weighted by Gasteiger charge is -2.21. The van der Waals surface area contributed by atoms with Gasteiger partial charge in [-0.25, -0.2) is 8.42 Å². The molecule has 1 aromatic carbocycles. The number of carbonyl (C=O) groups is 1. The zero-order chi connectivity index (χ0) is 20.3. The Bertz CT molecular complexity index is 955. The summed E-state index contributed by atoms with van der Waals surface area (Å²) in [6.45, 7) is 2.06. The number of anilines is 1. The highest BCUT2D eigenvalue weighted by Gasteiger charge is 2.31. The van der Waals surface area contributed by atoms with E-state index in [1.165, 1.54) is 4.31 Å².